The molecule has 5 rings (SSSR count). The molecular formula is C26H26N6O2. The van der Waals surface area contributed by atoms with Gasteiger partial charge in [0.1, 0.15) is 0 Å². The highest BCUT2D eigenvalue weighted by Gasteiger charge is 2.30. The molecule has 0 aliphatic carbocycles. The van der Waals surface area contributed by atoms with E-state index >= 15 is 0 Å². The van der Waals surface area contributed by atoms with Gasteiger partial charge in [0.25, 0.3) is 5.91 Å². The van der Waals surface area contributed by atoms with Crippen LogP contribution in [0.4, 0.5) is 0 Å². The Morgan fingerprint density at radius 3 is 2.50 bits per heavy atom. The lowest BCUT2D eigenvalue weighted by molar-refractivity contribution is -0.131. The van der Waals surface area contributed by atoms with E-state index in [1.54, 1.807) is 0 Å². The number of hydrogen-bond acceptors (Lipinski definition) is 5. The summed E-state index contributed by atoms with van der Waals surface area (Å²) in [6, 6.07) is 19.9. The molecule has 0 spiro atoms. The molecule has 2 aromatic carbocycles. The Kier molecular flexibility index (Phi) is 5.95. The van der Waals surface area contributed by atoms with Crippen molar-refractivity contribution in [2.75, 3.05) is 0 Å². The topological polar surface area (TPSA) is 86.3 Å². The van der Waals surface area contributed by atoms with Gasteiger partial charge in [-0.15, -0.1) is 0 Å². The number of aryl methyl sites for hydroxylation is 2. The second-order valence-electron chi connectivity index (χ2n) is 8.19. The Bertz CT molecular complexity index is 1320. The molecule has 34 heavy (non-hydrogen) atoms. The SMILES string of the molecule is CCn1cc(C2=NOC(C(=O)NCc3cn(-c4ccccc4)nc3-c3ccccc3)C2)c(C)n1. The largest absolute Gasteiger partial charge is 0.382 e. The molecule has 2 aromatic heterocycles. The summed E-state index contributed by atoms with van der Waals surface area (Å²) in [5.74, 6) is -0.203. The number of carbonyl (C=O) groups is 1. The number of hydrogen-bond donors (Lipinski definition) is 1. The van der Waals surface area contributed by atoms with Crippen molar-refractivity contribution >= 4 is 11.6 Å². The predicted molar refractivity (Wildman–Crippen MR) is 130 cm³/mol. The zero-order valence-corrected chi connectivity index (χ0v) is 19.2. The summed E-state index contributed by atoms with van der Waals surface area (Å²) in [4.78, 5) is 18.4. The van der Waals surface area contributed by atoms with Crippen LogP contribution in [-0.2, 0) is 22.7 Å². The minimum atomic E-state index is -0.663. The van der Waals surface area contributed by atoms with Crippen molar-refractivity contribution in [1.29, 1.82) is 0 Å². The summed E-state index contributed by atoms with van der Waals surface area (Å²) in [6.45, 7) is 5.08. The van der Waals surface area contributed by atoms with E-state index in [4.69, 9.17) is 9.94 Å². The molecule has 1 aliphatic heterocycles. The van der Waals surface area contributed by atoms with E-state index in [1.165, 1.54) is 0 Å². The van der Waals surface area contributed by atoms with Gasteiger partial charge in [-0.1, -0.05) is 53.7 Å². The summed E-state index contributed by atoms with van der Waals surface area (Å²) < 4.78 is 3.70. The van der Waals surface area contributed by atoms with E-state index < -0.39 is 6.10 Å². The first-order valence-electron chi connectivity index (χ1n) is 11.4. The summed E-state index contributed by atoms with van der Waals surface area (Å²) in [5.41, 5.74) is 6.25. The van der Waals surface area contributed by atoms with Gasteiger partial charge in [-0.25, -0.2) is 4.68 Å². The van der Waals surface area contributed by atoms with Crippen LogP contribution in [0.2, 0.25) is 0 Å². The van der Waals surface area contributed by atoms with Crippen molar-refractivity contribution in [3.05, 3.63) is 89.9 Å². The summed E-state index contributed by atoms with van der Waals surface area (Å²) in [6.07, 6.45) is 3.65. The van der Waals surface area contributed by atoms with Gasteiger partial charge in [0.2, 0.25) is 6.10 Å². The van der Waals surface area contributed by atoms with Crippen LogP contribution in [0.3, 0.4) is 0 Å². The van der Waals surface area contributed by atoms with E-state index in [-0.39, 0.29) is 5.91 Å². The first-order valence-corrected chi connectivity index (χ1v) is 11.4. The Balaban J connectivity index is 1.30. The average Bonchev–Trinajstić information content (AvgIpc) is 3.62. The van der Waals surface area contributed by atoms with Crippen LogP contribution in [0.25, 0.3) is 16.9 Å². The summed E-state index contributed by atoms with van der Waals surface area (Å²) in [7, 11) is 0. The molecule has 1 amide bonds. The fourth-order valence-corrected chi connectivity index (χ4v) is 4.03. The third kappa shape index (κ3) is 4.34. The molecule has 0 bridgehead atoms. The molecule has 8 heteroatoms. The second kappa shape index (κ2) is 9.35. The number of aromatic nitrogens is 4. The number of nitrogens with one attached hydrogen (secondary N) is 1. The molecule has 0 radical (unpaired) electrons. The number of benzene rings is 2. The monoisotopic (exact) mass is 454 g/mol. The molecule has 0 fully saturated rings. The Morgan fingerprint density at radius 2 is 1.79 bits per heavy atom. The molecule has 8 nitrogen and oxygen atoms in total. The lowest BCUT2D eigenvalue weighted by atomic mass is 10.1. The normalized spacial score (nSPS) is 15.1. The smallest absolute Gasteiger partial charge is 0.264 e. The first kappa shape index (κ1) is 21.6. The van der Waals surface area contributed by atoms with E-state index in [1.807, 2.05) is 96.3 Å². The summed E-state index contributed by atoms with van der Waals surface area (Å²) in [5, 5.41) is 16.4. The maximum absolute atomic E-state index is 12.9. The molecule has 1 unspecified atom stereocenters. The van der Waals surface area contributed by atoms with Crippen molar-refractivity contribution in [2.24, 2.45) is 5.16 Å². The third-order valence-corrected chi connectivity index (χ3v) is 5.85. The predicted octanol–water partition coefficient (Wildman–Crippen LogP) is 3.87. The second-order valence-corrected chi connectivity index (χ2v) is 8.19. The van der Waals surface area contributed by atoms with Crippen LogP contribution >= 0.6 is 0 Å². The highest BCUT2D eigenvalue weighted by molar-refractivity contribution is 6.04. The Morgan fingerprint density at radius 1 is 1.06 bits per heavy atom. The number of amides is 1. The Labute approximate surface area is 197 Å². The van der Waals surface area contributed by atoms with E-state index in [0.717, 1.165) is 46.0 Å². The molecule has 0 saturated carbocycles. The first-order chi connectivity index (χ1) is 16.6. The number of rotatable bonds is 7. The van der Waals surface area contributed by atoms with Crippen molar-refractivity contribution in [3.63, 3.8) is 0 Å². The minimum absolute atomic E-state index is 0.203. The lowest BCUT2D eigenvalue weighted by Crippen LogP contribution is -2.34. The van der Waals surface area contributed by atoms with Gasteiger partial charge in [-0.3, -0.25) is 9.48 Å². The standard InChI is InChI=1S/C26H26N6O2/c1-3-31-17-22(18(2)28-31)23-14-24(34-30-23)26(33)27-15-20-16-32(21-12-8-5-9-13-21)29-25(20)19-10-6-4-7-11-19/h4-13,16-17,24H,3,14-15H2,1-2H3,(H,27,33). The molecule has 4 aromatic rings. The van der Waals surface area contributed by atoms with Gasteiger partial charge in [-0.05, 0) is 26.0 Å². The van der Waals surface area contributed by atoms with Crippen LogP contribution in [0.1, 0.15) is 30.2 Å². The Hall–Kier alpha value is -4.20. The molecule has 0 saturated heterocycles. The van der Waals surface area contributed by atoms with Gasteiger partial charge in [0.15, 0.2) is 0 Å². The zero-order valence-electron chi connectivity index (χ0n) is 19.2. The fourth-order valence-electron chi connectivity index (χ4n) is 4.03. The van der Waals surface area contributed by atoms with Crippen molar-refractivity contribution in [3.8, 4) is 16.9 Å². The third-order valence-electron chi connectivity index (χ3n) is 5.85. The number of carbonyl (C=O) groups excluding carboxylic acids is 1. The van der Waals surface area contributed by atoms with E-state index in [2.05, 4.69) is 15.6 Å². The van der Waals surface area contributed by atoms with Crippen LogP contribution in [0.5, 0.6) is 0 Å². The number of nitrogens with zero attached hydrogens (tertiary/aromatic N) is 5. The van der Waals surface area contributed by atoms with Gasteiger partial charge in [0.05, 0.1) is 22.8 Å². The quantitative estimate of drug-likeness (QED) is 0.459. The fraction of sp³-hybridized carbons (Fsp3) is 0.231. The number of para-hydroxylation sites is 1. The highest BCUT2D eigenvalue weighted by atomic mass is 16.6. The van der Waals surface area contributed by atoms with E-state index in [9.17, 15) is 4.79 Å². The van der Waals surface area contributed by atoms with Gasteiger partial charge >= 0.3 is 0 Å². The van der Waals surface area contributed by atoms with Crippen LogP contribution in [-0.4, -0.2) is 37.3 Å². The maximum Gasteiger partial charge on any atom is 0.264 e. The molecule has 1 N–H and O–H groups in total. The number of oxime groups is 1. The molecule has 1 aliphatic rings. The molecule has 3 heterocycles. The van der Waals surface area contributed by atoms with Gasteiger partial charge < -0.3 is 10.2 Å². The maximum atomic E-state index is 12.9. The van der Waals surface area contributed by atoms with Gasteiger partial charge in [-0.2, -0.15) is 10.2 Å². The molecule has 172 valence electrons. The van der Waals surface area contributed by atoms with Crippen LogP contribution < -0.4 is 5.32 Å². The van der Waals surface area contributed by atoms with Crippen molar-refractivity contribution in [2.45, 2.75) is 39.5 Å². The van der Waals surface area contributed by atoms with Crippen molar-refractivity contribution < 1.29 is 9.63 Å². The summed E-state index contributed by atoms with van der Waals surface area (Å²) >= 11 is 0. The zero-order chi connectivity index (χ0) is 23.5. The van der Waals surface area contributed by atoms with Crippen molar-refractivity contribution in [1.82, 2.24) is 24.9 Å². The average molecular weight is 455 g/mol. The van der Waals surface area contributed by atoms with Gasteiger partial charge in [0, 0.05) is 48.6 Å². The van der Waals surface area contributed by atoms with Crippen LogP contribution in [0.15, 0.2) is 78.2 Å². The minimum Gasteiger partial charge on any atom is -0.382 e. The van der Waals surface area contributed by atoms with E-state index in [0.29, 0.717) is 13.0 Å². The highest BCUT2D eigenvalue weighted by Crippen LogP contribution is 2.24. The molecule has 1 atom stereocenters. The lowest BCUT2D eigenvalue weighted by Gasteiger charge is -2.09. The molecular weight excluding hydrogens is 428 g/mol. The van der Waals surface area contributed by atoms with Crippen LogP contribution in [0, 0.1) is 6.92 Å².